The van der Waals surface area contributed by atoms with Gasteiger partial charge in [-0.1, -0.05) is 0 Å². The van der Waals surface area contributed by atoms with Crippen LogP contribution >= 0.6 is 0 Å². The van der Waals surface area contributed by atoms with Crippen LogP contribution in [0.5, 0.6) is 0 Å². The van der Waals surface area contributed by atoms with Crippen LogP contribution in [0, 0.1) is 16.7 Å². The van der Waals surface area contributed by atoms with E-state index in [0.717, 1.165) is 5.69 Å². The first-order chi connectivity index (χ1) is 11.9. The molecule has 1 aromatic heterocycles. The van der Waals surface area contributed by atoms with Crippen LogP contribution in [0.4, 0.5) is 5.69 Å². The minimum absolute atomic E-state index is 0.0388. The van der Waals surface area contributed by atoms with Crippen molar-refractivity contribution in [1.82, 2.24) is 15.1 Å². The lowest BCUT2D eigenvalue weighted by atomic mass is 10.3. The van der Waals surface area contributed by atoms with Crippen molar-refractivity contribution in [3.8, 4) is 11.8 Å². The highest BCUT2D eigenvalue weighted by molar-refractivity contribution is 6.45. The van der Waals surface area contributed by atoms with Crippen LogP contribution in [-0.2, 0) is 0 Å². The van der Waals surface area contributed by atoms with E-state index in [-0.39, 0.29) is 17.7 Å². The molecule has 0 atom stereocenters. The van der Waals surface area contributed by atoms with Gasteiger partial charge in [-0.25, -0.2) is 4.68 Å². The van der Waals surface area contributed by atoms with Crippen molar-refractivity contribution in [3.05, 3.63) is 42.2 Å². The van der Waals surface area contributed by atoms with Gasteiger partial charge in [0.05, 0.1) is 11.4 Å². The van der Waals surface area contributed by atoms with Gasteiger partial charge in [-0.3, -0.25) is 15.6 Å². The Balaban J connectivity index is 2.10. The molecule has 128 valence electrons. The Bertz CT molecular complexity index is 842. The Morgan fingerprint density at radius 1 is 1.36 bits per heavy atom. The number of carbonyl (C=O) groups excluding carboxylic acids is 1. The predicted molar refractivity (Wildman–Crippen MR) is 94.8 cm³/mol. The van der Waals surface area contributed by atoms with E-state index < -0.39 is 5.84 Å². The molecule has 9 nitrogen and oxygen atoms in total. The highest BCUT2D eigenvalue weighted by atomic mass is 16.2. The van der Waals surface area contributed by atoms with Gasteiger partial charge in [0.1, 0.15) is 6.07 Å². The van der Waals surface area contributed by atoms with Crippen LogP contribution in [0.2, 0.25) is 0 Å². The summed E-state index contributed by atoms with van der Waals surface area (Å²) in [5, 5.41) is 26.7. The number of rotatable bonds is 6. The van der Waals surface area contributed by atoms with Gasteiger partial charge in [-0.15, -0.1) is 0 Å². The zero-order chi connectivity index (χ0) is 18.4. The molecule has 0 aliphatic rings. The molecule has 0 saturated carbocycles. The van der Waals surface area contributed by atoms with Crippen LogP contribution in [0.1, 0.15) is 24.3 Å². The third-order valence-corrected chi connectivity index (χ3v) is 3.03. The van der Waals surface area contributed by atoms with Crippen molar-refractivity contribution in [2.45, 2.75) is 19.9 Å². The summed E-state index contributed by atoms with van der Waals surface area (Å²) < 4.78 is 1.58. The number of carbonyl (C=O) groups is 1. The fourth-order valence-electron chi connectivity index (χ4n) is 1.88. The third-order valence-electron chi connectivity index (χ3n) is 3.03. The summed E-state index contributed by atoms with van der Waals surface area (Å²) >= 11 is 0. The number of hydrogen-bond donors (Lipinski definition) is 4. The monoisotopic (exact) mass is 338 g/mol. The molecule has 0 radical (unpaired) electrons. The maximum Gasteiger partial charge on any atom is 0.271 e. The van der Waals surface area contributed by atoms with Gasteiger partial charge in [0.2, 0.25) is 5.71 Å². The summed E-state index contributed by atoms with van der Waals surface area (Å²) in [4.78, 5) is 11.9. The number of nitrogens with two attached hydrogens (primary N) is 1. The predicted octanol–water partition coefficient (Wildman–Crippen LogP) is 1.24. The highest BCUT2D eigenvalue weighted by Gasteiger charge is 2.11. The molecule has 0 spiro atoms. The molecule has 2 aromatic rings. The van der Waals surface area contributed by atoms with Gasteiger partial charge >= 0.3 is 0 Å². The maximum absolute atomic E-state index is 11.9. The van der Waals surface area contributed by atoms with Gasteiger partial charge in [0.25, 0.3) is 5.91 Å². The second kappa shape index (κ2) is 7.74. The molecule has 1 heterocycles. The topological polar surface area (TPSA) is 145 Å². The van der Waals surface area contributed by atoms with Gasteiger partial charge in [0.15, 0.2) is 11.5 Å². The first kappa shape index (κ1) is 17.7. The van der Waals surface area contributed by atoms with E-state index in [0.29, 0.717) is 11.4 Å². The summed E-state index contributed by atoms with van der Waals surface area (Å²) in [6.07, 6.45) is 1.69. The fraction of sp³-hybridized carbons (Fsp3) is 0.188. The molecule has 0 aliphatic heterocycles. The van der Waals surface area contributed by atoms with E-state index in [9.17, 15) is 4.79 Å². The molecule has 0 fully saturated rings. The Morgan fingerprint density at radius 3 is 2.60 bits per heavy atom. The van der Waals surface area contributed by atoms with Crippen LogP contribution in [0.3, 0.4) is 0 Å². The average Bonchev–Trinajstić information content (AvgIpc) is 3.05. The van der Waals surface area contributed by atoms with Crippen molar-refractivity contribution in [1.29, 1.82) is 10.7 Å². The lowest BCUT2D eigenvalue weighted by molar-refractivity contribution is 0.0937. The number of nitrogens with one attached hydrogen (secondary N) is 3. The number of amidine groups is 1. The minimum atomic E-state index is -0.407. The normalized spacial score (nSPS) is 11.0. The van der Waals surface area contributed by atoms with Crippen molar-refractivity contribution < 1.29 is 4.79 Å². The quantitative estimate of drug-likeness (QED) is 0.356. The number of anilines is 1. The van der Waals surface area contributed by atoms with Crippen molar-refractivity contribution in [2.75, 3.05) is 5.43 Å². The lowest BCUT2D eigenvalue weighted by Gasteiger charge is -2.06. The second-order valence-electron chi connectivity index (χ2n) is 5.42. The van der Waals surface area contributed by atoms with Crippen LogP contribution in [-0.4, -0.2) is 33.3 Å². The van der Waals surface area contributed by atoms with Gasteiger partial charge in [-0.2, -0.15) is 15.5 Å². The van der Waals surface area contributed by atoms with E-state index in [1.807, 2.05) is 13.8 Å². The average molecular weight is 338 g/mol. The number of hydrazone groups is 1. The standard InChI is InChI=1S/C16H18N8O/c1-10(2)20-16(25)13-7-8-24(23-13)12-5-3-11(4-6-12)21-22-14(9-17)15(18)19/h3-8,10,21H,1-2H3,(H3,18,19)(H,20,25)/b22-14+. The zero-order valence-electron chi connectivity index (χ0n) is 13.8. The SMILES string of the molecule is CC(C)NC(=O)c1ccn(-c2ccc(N/N=C(\C#N)C(=N)N)cc2)n1. The summed E-state index contributed by atoms with van der Waals surface area (Å²) in [6.45, 7) is 3.76. The van der Waals surface area contributed by atoms with E-state index in [1.54, 1.807) is 47.3 Å². The largest absolute Gasteiger partial charge is 0.382 e. The molecule has 25 heavy (non-hydrogen) atoms. The Kier molecular flexibility index (Phi) is 5.47. The molecular formula is C16H18N8O. The first-order valence-electron chi connectivity index (χ1n) is 7.46. The van der Waals surface area contributed by atoms with Gasteiger partial charge in [-0.05, 0) is 44.2 Å². The molecule has 0 unspecified atom stereocenters. The number of amides is 1. The zero-order valence-corrected chi connectivity index (χ0v) is 13.8. The van der Waals surface area contributed by atoms with Crippen molar-refractivity contribution in [3.63, 3.8) is 0 Å². The smallest absolute Gasteiger partial charge is 0.271 e. The van der Waals surface area contributed by atoms with Crippen molar-refractivity contribution >= 4 is 23.1 Å². The molecule has 5 N–H and O–H groups in total. The number of benzene rings is 1. The summed E-state index contributed by atoms with van der Waals surface area (Å²) in [5.41, 5.74) is 9.37. The van der Waals surface area contributed by atoms with Gasteiger partial charge < -0.3 is 11.1 Å². The summed E-state index contributed by atoms with van der Waals surface area (Å²) in [5.74, 6) is -0.634. The van der Waals surface area contributed by atoms with E-state index in [4.69, 9.17) is 16.4 Å². The van der Waals surface area contributed by atoms with E-state index in [2.05, 4.69) is 20.9 Å². The highest BCUT2D eigenvalue weighted by Crippen LogP contribution is 2.13. The summed E-state index contributed by atoms with van der Waals surface area (Å²) in [6, 6.07) is 10.4. The maximum atomic E-state index is 11.9. The Morgan fingerprint density at radius 2 is 2.04 bits per heavy atom. The van der Waals surface area contributed by atoms with E-state index >= 15 is 0 Å². The fourth-order valence-corrected chi connectivity index (χ4v) is 1.88. The molecule has 1 amide bonds. The van der Waals surface area contributed by atoms with Crippen LogP contribution in [0.15, 0.2) is 41.6 Å². The Hall–Kier alpha value is -3.67. The third kappa shape index (κ3) is 4.65. The molecule has 9 heteroatoms. The minimum Gasteiger partial charge on any atom is -0.382 e. The van der Waals surface area contributed by atoms with Crippen LogP contribution in [0.25, 0.3) is 5.69 Å². The molecule has 2 rings (SSSR count). The van der Waals surface area contributed by atoms with Crippen LogP contribution < -0.4 is 16.5 Å². The number of nitriles is 1. The second-order valence-corrected chi connectivity index (χ2v) is 5.42. The number of hydrogen-bond acceptors (Lipinski definition) is 6. The molecule has 0 aliphatic carbocycles. The molecule has 0 saturated heterocycles. The number of aromatic nitrogens is 2. The number of nitrogens with zero attached hydrogens (tertiary/aromatic N) is 4. The molecule has 0 bridgehead atoms. The molecular weight excluding hydrogens is 320 g/mol. The van der Waals surface area contributed by atoms with E-state index in [1.165, 1.54) is 0 Å². The van der Waals surface area contributed by atoms with Crippen molar-refractivity contribution in [2.24, 2.45) is 10.8 Å². The molecule has 1 aromatic carbocycles. The Labute approximate surface area is 144 Å². The van der Waals surface area contributed by atoms with Gasteiger partial charge in [0, 0.05) is 12.2 Å². The lowest BCUT2D eigenvalue weighted by Crippen LogP contribution is -2.30. The summed E-state index contributed by atoms with van der Waals surface area (Å²) in [7, 11) is 0. The first-order valence-corrected chi connectivity index (χ1v) is 7.46.